The Hall–Kier alpha value is -0.910. The second-order valence-electron chi connectivity index (χ2n) is 4.50. The average molecular weight is 374 g/mol. The SMILES string of the molecule is Cc1nc(C)c(C(C)NC(=O)c2ccc(Cl)cc2Br)s1. The third-order valence-electron chi connectivity index (χ3n) is 2.86. The van der Waals surface area contributed by atoms with Crippen molar-refractivity contribution in [2.24, 2.45) is 0 Å². The zero-order chi connectivity index (χ0) is 14.9. The minimum absolute atomic E-state index is 0.0729. The molecule has 1 aromatic heterocycles. The molecule has 6 heteroatoms. The Balaban J connectivity index is 2.17. The summed E-state index contributed by atoms with van der Waals surface area (Å²) >= 11 is 10.8. The number of aromatic nitrogens is 1. The van der Waals surface area contributed by atoms with E-state index in [1.807, 2.05) is 20.8 Å². The molecule has 106 valence electrons. The molecule has 1 atom stereocenters. The molecule has 1 amide bonds. The topological polar surface area (TPSA) is 42.0 Å². The van der Waals surface area contributed by atoms with Crippen LogP contribution in [0.15, 0.2) is 22.7 Å². The fourth-order valence-electron chi connectivity index (χ4n) is 1.96. The maximum Gasteiger partial charge on any atom is 0.252 e. The van der Waals surface area contributed by atoms with E-state index >= 15 is 0 Å². The Morgan fingerprint density at radius 2 is 2.15 bits per heavy atom. The van der Waals surface area contributed by atoms with Crippen molar-refractivity contribution in [2.75, 3.05) is 0 Å². The highest BCUT2D eigenvalue weighted by Crippen LogP contribution is 2.26. The third-order valence-corrected chi connectivity index (χ3v) is 5.00. The molecule has 1 aromatic carbocycles. The predicted molar refractivity (Wildman–Crippen MR) is 86.6 cm³/mol. The van der Waals surface area contributed by atoms with E-state index in [1.165, 1.54) is 0 Å². The molecule has 1 heterocycles. The molecule has 0 radical (unpaired) electrons. The fourth-order valence-corrected chi connectivity index (χ4v) is 3.75. The summed E-state index contributed by atoms with van der Waals surface area (Å²) in [7, 11) is 0. The molecule has 0 fully saturated rings. The average Bonchev–Trinajstić information content (AvgIpc) is 2.68. The first-order chi connectivity index (χ1) is 9.38. The number of benzene rings is 1. The van der Waals surface area contributed by atoms with Crippen LogP contribution in [-0.2, 0) is 0 Å². The second-order valence-corrected chi connectivity index (χ2v) is 7.03. The number of hydrogen-bond donors (Lipinski definition) is 1. The maximum absolute atomic E-state index is 12.3. The number of nitrogens with zero attached hydrogens (tertiary/aromatic N) is 1. The van der Waals surface area contributed by atoms with Gasteiger partial charge in [0.25, 0.3) is 5.91 Å². The summed E-state index contributed by atoms with van der Waals surface area (Å²) in [5.74, 6) is -0.133. The van der Waals surface area contributed by atoms with Crippen molar-refractivity contribution >= 4 is 44.8 Å². The van der Waals surface area contributed by atoms with E-state index in [9.17, 15) is 4.79 Å². The van der Waals surface area contributed by atoms with Crippen LogP contribution in [0.1, 0.15) is 38.9 Å². The molecule has 0 bridgehead atoms. The zero-order valence-corrected chi connectivity index (χ0v) is 14.5. The van der Waals surface area contributed by atoms with Crippen molar-refractivity contribution in [3.8, 4) is 0 Å². The van der Waals surface area contributed by atoms with Gasteiger partial charge in [-0.1, -0.05) is 11.6 Å². The molecule has 2 rings (SSSR count). The minimum Gasteiger partial charge on any atom is -0.345 e. The molecule has 0 spiro atoms. The van der Waals surface area contributed by atoms with Crippen LogP contribution in [-0.4, -0.2) is 10.9 Å². The van der Waals surface area contributed by atoms with Gasteiger partial charge in [-0.15, -0.1) is 11.3 Å². The molecular formula is C14H14BrClN2OS. The summed E-state index contributed by atoms with van der Waals surface area (Å²) in [6.07, 6.45) is 0. The normalized spacial score (nSPS) is 12.2. The van der Waals surface area contributed by atoms with Gasteiger partial charge in [-0.3, -0.25) is 4.79 Å². The Bertz CT molecular complexity index is 657. The van der Waals surface area contributed by atoms with Gasteiger partial charge in [0.05, 0.1) is 22.3 Å². The number of carbonyl (C=O) groups is 1. The third kappa shape index (κ3) is 3.40. The van der Waals surface area contributed by atoms with Crippen LogP contribution >= 0.6 is 38.9 Å². The number of hydrogen-bond acceptors (Lipinski definition) is 3. The molecule has 0 aliphatic carbocycles. The van der Waals surface area contributed by atoms with Crippen molar-refractivity contribution < 1.29 is 4.79 Å². The molecule has 0 aliphatic rings. The van der Waals surface area contributed by atoms with Crippen LogP contribution in [0.25, 0.3) is 0 Å². The van der Waals surface area contributed by atoms with Crippen molar-refractivity contribution in [3.63, 3.8) is 0 Å². The number of carbonyl (C=O) groups excluding carboxylic acids is 1. The zero-order valence-electron chi connectivity index (χ0n) is 11.3. The summed E-state index contributed by atoms with van der Waals surface area (Å²) in [5.41, 5.74) is 1.54. The van der Waals surface area contributed by atoms with Crippen molar-refractivity contribution in [1.29, 1.82) is 0 Å². The van der Waals surface area contributed by atoms with Gasteiger partial charge in [0.2, 0.25) is 0 Å². The lowest BCUT2D eigenvalue weighted by atomic mass is 10.2. The standard InChI is InChI=1S/C14H14BrClN2OS/c1-7-13(20-9(3)17-7)8(2)18-14(19)11-5-4-10(16)6-12(11)15/h4-6,8H,1-3H3,(H,18,19). The number of halogens is 2. The second kappa shape index (κ2) is 6.24. The summed E-state index contributed by atoms with van der Waals surface area (Å²) in [6.45, 7) is 5.88. The van der Waals surface area contributed by atoms with Crippen LogP contribution in [0.3, 0.4) is 0 Å². The highest BCUT2D eigenvalue weighted by atomic mass is 79.9. The van der Waals surface area contributed by atoms with Crippen molar-refractivity contribution in [3.05, 3.63) is 48.8 Å². The number of thiazole rings is 1. The first kappa shape index (κ1) is 15.5. The molecule has 0 saturated carbocycles. The van der Waals surface area contributed by atoms with E-state index in [0.29, 0.717) is 15.1 Å². The van der Waals surface area contributed by atoms with Gasteiger partial charge in [0, 0.05) is 14.4 Å². The van der Waals surface area contributed by atoms with Crippen LogP contribution in [0.4, 0.5) is 0 Å². The van der Waals surface area contributed by atoms with E-state index in [-0.39, 0.29) is 11.9 Å². The van der Waals surface area contributed by atoms with Crippen LogP contribution < -0.4 is 5.32 Å². The Morgan fingerprint density at radius 1 is 1.45 bits per heavy atom. The van der Waals surface area contributed by atoms with Gasteiger partial charge in [-0.2, -0.15) is 0 Å². The fraction of sp³-hybridized carbons (Fsp3) is 0.286. The Morgan fingerprint density at radius 3 is 2.70 bits per heavy atom. The molecule has 0 aliphatic heterocycles. The summed E-state index contributed by atoms with van der Waals surface area (Å²) < 4.78 is 0.687. The molecule has 2 aromatic rings. The predicted octanol–water partition coefficient (Wildman–Crippen LogP) is 4.67. The van der Waals surface area contributed by atoms with E-state index in [2.05, 4.69) is 26.2 Å². The first-order valence-electron chi connectivity index (χ1n) is 6.08. The van der Waals surface area contributed by atoms with E-state index < -0.39 is 0 Å². The molecular weight excluding hydrogens is 360 g/mol. The minimum atomic E-state index is -0.133. The molecule has 1 unspecified atom stereocenters. The quantitative estimate of drug-likeness (QED) is 0.849. The monoisotopic (exact) mass is 372 g/mol. The first-order valence-corrected chi connectivity index (χ1v) is 8.07. The van der Waals surface area contributed by atoms with Gasteiger partial charge in [-0.05, 0) is 54.9 Å². The maximum atomic E-state index is 12.3. The van der Waals surface area contributed by atoms with E-state index in [0.717, 1.165) is 15.6 Å². The Labute approximate surface area is 135 Å². The van der Waals surface area contributed by atoms with E-state index in [1.54, 1.807) is 29.5 Å². The number of nitrogens with one attached hydrogen (secondary N) is 1. The summed E-state index contributed by atoms with van der Waals surface area (Å²) in [5, 5.41) is 4.58. The largest absolute Gasteiger partial charge is 0.345 e. The highest BCUT2D eigenvalue weighted by molar-refractivity contribution is 9.10. The van der Waals surface area contributed by atoms with Crippen molar-refractivity contribution in [1.82, 2.24) is 10.3 Å². The molecule has 20 heavy (non-hydrogen) atoms. The lowest BCUT2D eigenvalue weighted by Gasteiger charge is -2.13. The van der Waals surface area contributed by atoms with Crippen molar-refractivity contribution in [2.45, 2.75) is 26.8 Å². The number of aryl methyl sites for hydroxylation is 2. The van der Waals surface area contributed by atoms with Crippen LogP contribution in [0.2, 0.25) is 5.02 Å². The highest BCUT2D eigenvalue weighted by Gasteiger charge is 2.17. The molecule has 3 nitrogen and oxygen atoms in total. The Kier molecular flexibility index (Phi) is 4.83. The van der Waals surface area contributed by atoms with Gasteiger partial charge < -0.3 is 5.32 Å². The summed E-state index contributed by atoms with van der Waals surface area (Å²) in [6, 6.07) is 5.05. The number of amides is 1. The van der Waals surface area contributed by atoms with Gasteiger partial charge >= 0.3 is 0 Å². The lowest BCUT2D eigenvalue weighted by Crippen LogP contribution is -2.26. The van der Waals surface area contributed by atoms with Crippen LogP contribution in [0, 0.1) is 13.8 Å². The number of rotatable bonds is 3. The van der Waals surface area contributed by atoms with E-state index in [4.69, 9.17) is 11.6 Å². The summed E-state index contributed by atoms with van der Waals surface area (Å²) in [4.78, 5) is 17.7. The van der Waals surface area contributed by atoms with Gasteiger partial charge in [-0.25, -0.2) is 4.98 Å². The van der Waals surface area contributed by atoms with Gasteiger partial charge in [0.1, 0.15) is 0 Å². The molecule has 1 N–H and O–H groups in total. The molecule has 0 saturated heterocycles. The smallest absolute Gasteiger partial charge is 0.252 e. The van der Waals surface area contributed by atoms with Gasteiger partial charge in [0.15, 0.2) is 0 Å². The lowest BCUT2D eigenvalue weighted by molar-refractivity contribution is 0.0939. The van der Waals surface area contributed by atoms with Crippen LogP contribution in [0.5, 0.6) is 0 Å².